The molecule has 3 aliphatic rings. The number of fused-ring (bicyclic) bond motifs is 2. The minimum absolute atomic E-state index is 0.0269. The summed E-state index contributed by atoms with van der Waals surface area (Å²) in [6, 6.07) is 11.4. The van der Waals surface area contributed by atoms with E-state index in [1.165, 1.54) is 12.1 Å². The van der Waals surface area contributed by atoms with Crippen molar-refractivity contribution in [1.29, 1.82) is 0 Å². The van der Waals surface area contributed by atoms with E-state index in [0.717, 1.165) is 31.2 Å². The van der Waals surface area contributed by atoms with E-state index in [2.05, 4.69) is 4.40 Å². The van der Waals surface area contributed by atoms with E-state index in [9.17, 15) is 17.6 Å². The van der Waals surface area contributed by atoms with Crippen LogP contribution in [-0.2, 0) is 21.2 Å². The van der Waals surface area contributed by atoms with Gasteiger partial charge >= 0.3 is 0 Å². The van der Waals surface area contributed by atoms with E-state index < -0.39 is 10.0 Å². The molecule has 0 aromatic heterocycles. The lowest BCUT2D eigenvalue weighted by Crippen LogP contribution is -2.48. The van der Waals surface area contributed by atoms with E-state index in [0.29, 0.717) is 36.7 Å². The Morgan fingerprint density at radius 3 is 2.80 bits per heavy atom. The number of carbonyl (C=O) groups excluding carboxylic acids is 1. The molecule has 0 bridgehead atoms. The second kappa shape index (κ2) is 7.19. The molecule has 30 heavy (non-hydrogen) atoms. The lowest BCUT2D eigenvalue weighted by molar-refractivity contribution is -0.123. The van der Waals surface area contributed by atoms with Crippen LogP contribution in [0, 0.1) is 11.7 Å². The summed E-state index contributed by atoms with van der Waals surface area (Å²) in [5.74, 6) is -0.235. The van der Waals surface area contributed by atoms with Gasteiger partial charge in [0.15, 0.2) is 5.84 Å². The SMILES string of the molecule is O=C(C1CCCN(C2=NS(=O)(=O)c3ccccc32)C1)N1CCCc2ccc(F)cc21. The van der Waals surface area contributed by atoms with Gasteiger partial charge in [-0.2, -0.15) is 8.42 Å². The highest BCUT2D eigenvalue weighted by molar-refractivity contribution is 7.90. The molecule has 5 rings (SSSR count). The highest BCUT2D eigenvalue weighted by Gasteiger charge is 2.37. The fourth-order valence-corrected chi connectivity index (χ4v) is 5.91. The topological polar surface area (TPSA) is 70.0 Å². The van der Waals surface area contributed by atoms with Gasteiger partial charge in [0.1, 0.15) is 10.7 Å². The first-order valence-corrected chi connectivity index (χ1v) is 11.7. The summed E-state index contributed by atoms with van der Waals surface area (Å²) in [6.45, 7) is 1.63. The monoisotopic (exact) mass is 427 g/mol. The third-order valence-corrected chi connectivity index (χ3v) is 7.44. The number of aryl methyl sites for hydroxylation is 1. The smallest absolute Gasteiger partial charge is 0.285 e. The second-order valence-corrected chi connectivity index (χ2v) is 9.61. The minimum atomic E-state index is -3.70. The van der Waals surface area contributed by atoms with E-state index in [1.54, 1.807) is 35.2 Å². The van der Waals surface area contributed by atoms with Crippen LogP contribution in [0.2, 0.25) is 0 Å². The Bertz CT molecular complexity index is 1160. The van der Waals surface area contributed by atoms with Crippen LogP contribution in [-0.4, -0.2) is 44.7 Å². The number of sulfonamides is 1. The lowest BCUT2D eigenvalue weighted by Gasteiger charge is -2.37. The first-order valence-electron chi connectivity index (χ1n) is 10.2. The van der Waals surface area contributed by atoms with Gasteiger partial charge in [-0.1, -0.05) is 18.2 Å². The number of hydrogen-bond donors (Lipinski definition) is 0. The number of rotatable bonds is 1. The first-order chi connectivity index (χ1) is 14.4. The fraction of sp³-hybridized carbons (Fsp3) is 0.364. The Labute approximate surface area is 175 Å². The van der Waals surface area contributed by atoms with Gasteiger partial charge in [0.05, 0.1) is 5.92 Å². The minimum Gasteiger partial charge on any atom is -0.355 e. The maximum absolute atomic E-state index is 13.8. The molecular weight excluding hydrogens is 405 g/mol. The fourth-order valence-electron chi connectivity index (χ4n) is 4.68. The number of nitrogens with zero attached hydrogens (tertiary/aromatic N) is 3. The Morgan fingerprint density at radius 1 is 1.10 bits per heavy atom. The zero-order valence-electron chi connectivity index (χ0n) is 16.4. The molecule has 1 amide bonds. The van der Waals surface area contributed by atoms with E-state index >= 15 is 0 Å². The summed E-state index contributed by atoms with van der Waals surface area (Å²) in [4.78, 5) is 17.2. The van der Waals surface area contributed by atoms with Crippen molar-refractivity contribution in [2.75, 3.05) is 24.5 Å². The van der Waals surface area contributed by atoms with Gasteiger partial charge < -0.3 is 9.80 Å². The van der Waals surface area contributed by atoms with Crippen LogP contribution in [0.15, 0.2) is 51.8 Å². The number of carbonyl (C=O) groups is 1. The van der Waals surface area contributed by atoms with Crippen molar-refractivity contribution in [2.45, 2.75) is 30.6 Å². The van der Waals surface area contributed by atoms with Crippen molar-refractivity contribution in [3.63, 3.8) is 0 Å². The molecule has 0 aliphatic carbocycles. The molecule has 2 aromatic carbocycles. The molecule has 0 spiro atoms. The van der Waals surface area contributed by atoms with E-state index in [1.807, 2.05) is 4.90 Å². The van der Waals surface area contributed by atoms with Gasteiger partial charge in [-0.3, -0.25) is 4.79 Å². The molecule has 0 saturated carbocycles. The average Bonchev–Trinajstić information content (AvgIpc) is 3.04. The van der Waals surface area contributed by atoms with E-state index in [4.69, 9.17) is 0 Å². The molecule has 0 radical (unpaired) electrons. The van der Waals surface area contributed by atoms with Crippen molar-refractivity contribution >= 4 is 27.5 Å². The molecule has 1 fully saturated rings. The Hall–Kier alpha value is -2.74. The van der Waals surface area contributed by atoms with Crippen LogP contribution in [0.25, 0.3) is 0 Å². The number of amidine groups is 1. The zero-order valence-corrected chi connectivity index (χ0v) is 17.2. The number of anilines is 1. The molecular formula is C22H22FN3O3S. The standard InChI is InChI=1S/C22H22FN3O3S/c23-17-10-9-15-5-4-12-26(19(15)13-17)22(27)16-6-3-11-25(14-16)21-18-7-1-2-8-20(18)30(28,29)24-21/h1-2,7-10,13,16H,3-6,11-12,14H2. The summed E-state index contributed by atoms with van der Waals surface area (Å²) < 4.78 is 42.7. The van der Waals surface area contributed by atoms with Crippen LogP contribution in [0.4, 0.5) is 10.1 Å². The summed E-state index contributed by atoms with van der Waals surface area (Å²) in [5, 5.41) is 0. The largest absolute Gasteiger partial charge is 0.355 e. The number of halogens is 1. The Balaban J connectivity index is 1.41. The second-order valence-electron chi connectivity index (χ2n) is 8.04. The predicted octanol–water partition coefficient (Wildman–Crippen LogP) is 2.97. The van der Waals surface area contributed by atoms with Gasteiger partial charge in [-0.05, 0) is 55.5 Å². The molecule has 2 aromatic rings. The third-order valence-electron chi connectivity index (χ3n) is 6.11. The summed E-state index contributed by atoms with van der Waals surface area (Å²) in [6.07, 6.45) is 3.17. The van der Waals surface area contributed by atoms with Crippen molar-refractivity contribution < 1.29 is 17.6 Å². The normalized spacial score (nSPS) is 22.3. The van der Waals surface area contributed by atoms with Crippen LogP contribution in [0.5, 0.6) is 0 Å². The summed E-state index contributed by atoms with van der Waals surface area (Å²) >= 11 is 0. The quantitative estimate of drug-likeness (QED) is 0.702. The van der Waals surface area contributed by atoms with Gasteiger partial charge in [0.2, 0.25) is 5.91 Å². The van der Waals surface area contributed by atoms with Gasteiger partial charge in [0.25, 0.3) is 10.0 Å². The zero-order chi connectivity index (χ0) is 20.9. The molecule has 3 aliphatic heterocycles. The van der Waals surface area contributed by atoms with Crippen molar-refractivity contribution in [3.8, 4) is 0 Å². The number of benzene rings is 2. The van der Waals surface area contributed by atoms with Gasteiger partial charge in [-0.25, -0.2) is 4.39 Å². The molecule has 0 N–H and O–H groups in total. The maximum Gasteiger partial charge on any atom is 0.285 e. The molecule has 6 nitrogen and oxygen atoms in total. The predicted molar refractivity (Wildman–Crippen MR) is 112 cm³/mol. The van der Waals surface area contributed by atoms with Crippen molar-refractivity contribution in [1.82, 2.24) is 4.90 Å². The third kappa shape index (κ3) is 3.19. The number of piperidine rings is 1. The van der Waals surface area contributed by atoms with Crippen LogP contribution in [0.1, 0.15) is 30.4 Å². The molecule has 1 saturated heterocycles. The summed E-state index contributed by atoms with van der Waals surface area (Å²) in [7, 11) is -3.70. The Kier molecular flexibility index (Phi) is 4.61. The highest BCUT2D eigenvalue weighted by Crippen LogP contribution is 2.33. The molecule has 3 heterocycles. The molecule has 8 heteroatoms. The molecule has 156 valence electrons. The number of amides is 1. The first kappa shape index (κ1) is 19.2. The lowest BCUT2D eigenvalue weighted by atomic mass is 9.93. The number of hydrogen-bond acceptors (Lipinski definition) is 4. The average molecular weight is 428 g/mol. The van der Waals surface area contributed by atoms with E-state index in [-0.39, 0.29) is 22.5 Å². The Morgan fingerprint density at radius 2 is 1.93 bits per heavy atom. The van der Waals surface area contributed by atoms with Crippen LogP contribution in [0.3, 0.4) is 0 Å². The van der Waals surface area contributed by atoms with Crippen molar-refractivity contribution in [3.05, 3.63) is 59.4 Å². The van der Waals surface area contributed by atoms with Crippen molar-refractivity contribution in [2.24, 2.45) is 10.3 Å². The van der Waals surface area contributed by atoms with Crippen LogP contribution >= 0.6 is 0 Å². The highest BCUT2D eigenvalue weighted by atomic mass is 32.2. The molecule has 1 atom stereocenters. The maximum atomic E-state index is 13.8. The number of likely N-dealkylation sites (tertiary alicyclic amines) is 1. The van der Waals surface area contributed by atoms with Crippen LogP contribution < -0.4 is 4.90 Å². The van der Waals surface area contributed by atoms with Gasteiger partial charge in [-0.15, -0.1) is 4.40 Å². The van der Waals surface area contributed by atoms with Gasteiger partial charge in [0, 0.05) is 30.9 Å². The summed E-state index contributed by atoms with van der Waals surface area (Å²) in [5.41, 5.74) is 2.24. The molecule has 1 unspecified atom stereocenters.